The van der Waals surface area contributed by atoms with E-state index in [9.17, 15) is 63.6 Å². The number of anilines is 1. The maximum atomic E-state index is 15.2. The highest BCUT2D eigenvalue weighted by Gasteiger charge is 2.78. The van der Waals surface area contributed by atoms with Gasteiger partial charge in [0.2, 0.25) is 11.8 Å². The van der Waals surface area contributed by atoms with Crippen LogP contribution in [-0.4, -0.2) is 357 Å². The number of hydrogen-bond acceptors (Lipinski definition) is 35. The molecule has 3 fully saturated rings. The zero-order valence-electron chi connectivity index (χ0n) is 83.3. The highest BCUT2D eigenvalue weighted by molar-refractivity contribution is 6.13. The van der Waals surface area contributed by atoms with Crippen LogP contribution in [0.2, 0.25) is 0 Å². The van der Waals surface area contributed by atoms with Crippen LogP contribution in [0.25, 0.3) is 10.9 Å². The third kappa shape index (κ3) is 32.0. The molecule has 1 saturated carbocycles. The number of carbonyl (C=O) groups is 10. The quantitative estimate of drug-likeness (QED) is 0.00897. The molecule has 2 aromatic carbocycles. The van der Waals surface area contributed by atoms with Gasteiger partial charge in [-0.05, 0) is 164 Å². The van der Waals surface area contributed by atoms with Gasteiger partial charge >= 0.3 is 36.0 Å². The van der Waals surface area contributed by atoms with Crippen molar-refractivity contribution in [2.45, 2.75) is 299 Å². The minimum Gasteiger partial charge on any atom is -0.481 e. The Hall–Kier alpha value is -8.98. The second-order valence-corrected chi connectivity index (χ2v) is 36.3. The summed E-state index contributed by atoms with van der Waals surface area (Å²) >= 11 is 0. The van der Waals surface area contributed by atoms with Crippen LogP contribution in [0.4, 0.5) is 5.69 Å². The Kier molecular flexibility index (Phi) is 50.0. The molecule has 12 N–H and O–H groups in total. The van der Waals surface area contributed by atoms with Crippen molar-refractivity contribution in [2.24, 2.45) is 11.3 Å². The first-order valence-corrected chi connectivity index (χ1v) is 48.4. The third-order valence-electron chi connectivity index (χ3n) is 27.2. The highest BCUT2D eigenvalue weighted by atomic mass is 16.7. The van der Waals surface area contributed by atoms with E-state index in [0.29, 0.717) is 70.9 Å². The Bertz CT molecular complexity index is 4460. The van der Waals surface area contributed by atoms with E-state index in [-0.39, 0.29) is 173 Å². The number of aromatic amines is 1. The van der Waals surface area contributed by atoms with Crippen molar-refractivity contribution in [3.8, 4) is 0 Å². The summed E-state index contributed by atoms with van der Waals surface area (Å²) in [7, 11) is 7.66. The largest absolute Gasteiger partial charge is 0.481 e. The topological polar surface area (TPSA) is 550 Å². The molecule has 40 nitrogen and oxygen atoms in total. The molecule has 4 amide bonds. The summed E-state index contributed by atoms with van der Waals surface area (Å²) in [5.74, 6) is -4.85. The lowest BCUT2D eigenvalue weighted by atomic mass is 9.47. The van der Waals surface area contributed by atoms with Gasteiger partial charge in [-0.25, -0.2) is 4.79 Å². The van der Waals surface area contributed by atoms with Gasteiger partial charge in [0.05, 0.1) is 75.7 Å². The van der Waals surface area contributed by atoms with Crippen molar-refractivity contribution in [1.29, 1.82) is 0 Å². The summed E-state index contributed by atoms with van der Waals surface area (Å²) in [5.41, 5.74) is 2.93. The van der Waals surface area contributed by atoms with Crippen LogP contribution in [0.3, 0.4) is 0 Å². The molecule has 40 heteroatoms. The van der Waals surface area contributed by atoms with Crippen LogP contribution in [-0.2, 0) is 132 Å². The lowest BCUT2D eigenvalue weighted by Gasteiger charge is -2.63. The van der Waals surface area contributed by atoms with Crippen molar-refractivity contribution in [3.63, 3.8) is 0 Å². The first kappa shape index (κ1) is 119. The number of piperidine rings is 1. The number of ketones is 1. The van der Waals surface area contributed by atoms with Gasteiger partial charge in [-0.15, -0.1) is 0 Å². The predicted octanol–water partition coefficient (Wildman–Crippen LogP) is 4.86. The van der Waals surface area contributed by atoms with Gasteiger partial charge in [0.1, 0.15) is 32.0 Å². The molecule has 10 rings (SSSR count). The second kappa shape index (κ2) is 58.6. The van der Waals surface area contributed by atoms with Crippen molar-refractivity contribution >= 4 is 82.0 Å². The number of H-pyrrole nitrogens is 1. The van der Waals surface area contributed by atoms with Crippen LogP contribution in [0, 0.1) is 18.3 Å². The highest BCUT2D eigenvalue weighted by Crippen LogP contribution is 2.67. The molecule has 782 valence electrons. The maximum absolute atomic E-state index is 15.2. The van der Waals surface area contributed by atoms with Crippen LogP contribution < -0.4 is 15.5 Å². The van der Waals surface area contributed by atoms with Crippen LogP contribution in [0.5, 0.6) is 0 Å². The molecule has 2 saturated heterocycles. The van der Waals surface area contributed by atoms with Gasteiger partial charge in [0.15, 0.2) is 36.5 Å². The number of carboxylic acid groups (broad SMARTS) is 1. The monoisotopic (exact) mass is 1970 g/mol. The number of unbranched alkanes of at least 4 members (excludes halogenated alkanes) is 1. The maximum Gasteiger partial charge on any atom is 0.373 e. The number of hydrogen-bond donors (Lipinski definition) is 12. The molecular weight excluding hydrogens is 1820 g/mol. The van der Waals surface area contributed by atoms with Crippen molar-refractivity contribution in [3.05, 3.63) is 88.7 Å². The number of benzene rings is 2. The fourth-order valence-electron chi connectivity index (χ4n) is 19.9. The molecule has 2 bridgehead atoms. The molecule has 139 heavy (non-hydrogen) atoms. The summed E-state index contributed by atoms with van der Waals surface area (Å²) in [5, 5.41) is 98.2. The fraction of sp³-hybridized carbons (Fsp3) is 0.707. The molecule has 6 aliphatic heterocycles. The van der Waals surface area contributed by atoms with E-state index < -0.39 is 136 Å². The predicted molar refractivity (Wildman–Crippen MR) is 503 cm³/mol. The number of ether oxygens (including phenoxy) is 12. The zero-order chi connectivity index (χ0) is 103. The number of nitrogens with one attached hydrogen (secondary N) is 3. The van der Waals surface area contributed by atoms with E-state index >= 15 is 4.79 Å². The molecule has 0 radical (unpaired) electrons. The number of carbonyl (C=O) groups excluding carboxylic acids is 11. The first-order chi connectivity index (χ1) is 66.4. The van der Waals surface area contributed by atoms with Gasteiger partial charge in [-0.3, -0.25) is 57.9 Å². The Morgan fingerprint density at radius 2 is 1.14 bits per heavy atom. The number of amides is 4. The number of nitrogens with zero attached hydrogens (tertiary/aromatic N) is 4. The molecule has 1 spiro atoms. The average molecular weight is 1970 g/mol. The molecule has 3 aromatic rings. The number of aliphatic hydroxyl groups is 8. The SMILES string of the molecule is CCC(CO)OC(CO)OC.CCC(CO)OC(COC(=O)CCCC(=O)NC(C)C(=O)OCCCCC(=O)[C@]1(O)C2N(C)c3cc(C)c([C@@]4(C)CC5CN(CCc6c4[nH]c4ccccc64)CC(O)(CC)C5)cc3C23CCN2CC=C[C@](CC)(C23)[C@H]1O)OC.CCC(CO)OC(COC(=O)CCCC(=O)NCCN1C(=O)C=CC1=O)OC.CCC(CO)OC(COC(=O)CCCC(=O)O)OC.O=C=O. The Morgan fingerprint density at radius 3 is 1.63 bits per heavy atom. The summed E-state index contributed by atoms with van der Waals surface area (Å²) in [4.78, 5) is 149. The van der Waals surface area contributed by atoms with E-state index in [1.54, 1.807) is 0 Å². The third-order valence-corrected chi connectivity index (χ3v) is 27.2. The Labute approximate surface area is 814 Å². The van der Waals surface area contributed by atoms with Crippen LogP contribution in [0.15, 0.2) is 60.7 Å². The molecule has 15 unspecified atom stereocenters. The number of fused-ring (bicyclic) bond motifs is 6. The van der Waals surface area contributed by atoms with Crippen molar-refractivity contribution in [1.82, 2.24) is 30.3 Å². The van der Waals surface area contributed by atoms with Gasteiger partial charge < -0.3 is 123 Å². The summed E-state index contributed by atoms with van der Waals surface area (Å²) < 4.78 is 62.1. The molecular formula is C99H153N7O33. The summed E-state index contributed by atoms with van der Waals surface area (Å²) in [6, 6.07) is 11.4. The number of Topliss-reactive ketones (excluding diaryl/α,β-unsaturated/α-hetero) is 1. The smallest absolute Gasteiger partial charge is 0.373 e. The minimum absolute atomic E-state index is 0.0183. The minimum atomic E-state index is -2.17. The second-order valence-electron chi connectivity index (χ2n) is 36.3. The van der Waals surface area contributed by atoms with Crippen molar-refractivity contribution in [2.75, 3.05) is 146 Å². The molecule has 19 atom stereocenters. The fourth-order valence-corrected chi connectivity index (χ4v) is 19.9. The summed E-state index contributed by atoms with van der Waals surface area (Å²) in [6.07, 6.45) is 9.09. The lowest BCUT2D eigenvalue weighted by Crippen LogP contribution is -2.80. The van der Waals surface area contributed by atoms with E-state index in [1.807, 2.05) is 34.7 Å². The van der Waals surface area contributed by atoms with Gasteiger partial charge in [-0.2, -0.15) is 9.59 Å². The number of aryl methyl sites for hydroxylation is 1. The van der Waals surface area contributed by atoms with Crippen LogP contribution in [0.1, 0.15) is 218 Å². The van der Waals surface area contributed by atoms with E-state index in [2.05, 4.69) is 107 Å². The number of aliphatic hydroxyl groups excluding tert-OH is 6. The lowest BCUT2D eigenvalue weighted by molar-refractivity contribution is -0.202. The number of methoxy groups -OCH3 is 4. The zero-order valence-corrected chi connectivity index (χ0v) is 83.3. The van der Waals surface area contributed by atoms with E-state index in [4.69, 9.17) is 92.0 Å². The number of para-hydroxylation sites is 1. The van der Waals surface area contributed by atoms with Gasteiger partial charge in [-0.1, -0.05) is 78.0 Å². The van der Waals surface area contributed by atoms with Crippen molar-refractivity contribution < 1.29 is 160 Å². The van der Waals surface area contributed by atoms with Crippen LogP contribution >= 0.6 is 0 Å². The Balaban J connectivity index is 0.000000392. The van der Waals surface area contributed by atoms with Gasteiger partial charge in [0.25, 0.3) is 11.8 Å². The molecule has 7 heterocycles. The number of esters is 4. The number of rotatable bonds is 53. The number of aromatic nitrogens is 1. The van der Waals surface area contributed by atoms with E-state index in [0.717, 1.165) is 66.1 Å². The normalized spacial score (nSPS) is 24.4. The molecule has 7 aliphatic rings. The standard InChI is InChI=1S/C61H87N5O12.C18H28N2O8.C12H22O7.C7H16O4.CO2/c1-9-41(35-67)78-51(75-8)36-77-50(70)22-16-21-49(69)62-39(5)53(71)76-29-15-14-20-48(68)61(74)55-60(25-28-66-26-17-24-59(11-3,54(60)66)56(61)72)45-31-44(38(4)30-47(45)64(55)7)57(6)32-40-33-58(73,10-2)37-65(34-40)27-23-43-42-18-12-13-19-46(42)63-52(43)57;1-3-13(11-21)28-18(26-2)12-27-17(25)6-4-5-14(22)19-9-10-20-15(23)7-8-16(20)24;1-3-9(7-13)19-12(17-2)8-18-11(16)6-4-5-10(14)15;1-3-6(4-8)11-7(5-9)10-2;2-1-3/h12-13,17-19,24,30-31,39-41,51,54-56,63,67,72-74H,9-11,14-16,20-23,25-29,32-37H2,1-8H3,(H,62,69);7-8,13,18,21H,3-6,9-12H2,1-2H3,(H,19,22);9,12-13H,3-8H2,1-2H3,(H,14,15);6-9H,3-5H2,1-2H3;/t39?,40?,41?,51?,54?,55?,56-,57-,58?,59-,60?,61+;;;;/m1..../s1. The number of imide groups is 1. The molecule has 1 aromatic heterocycles. The van der Waals surface area contributed by atoms with Gasteiger partial charge in [0, 0.05) is 176 Å². The average Bonchev–Trinajstić information content (AvgIpc) is 1.48. The first-order valence-electron chi connectivity index (χ1n) is 48.4. The Morgan fingerprint density at radius 1 is 0.619 bits per heavy atom. The number of carboxylic acids is 1. The molecule has 1 aliphatic carbocycles. The number of aliphatic carboxylic acids is 1. The number of likely N-dealkylation sites (N-methyl/N-ethyl adjacent to an activating group) is 1. The summed E-state index contributed by atoms with van der Waals surface area (Å²) in [6.45, 7) is 20.8. The van der Waals surface area contributed by atoms with E-state index in [1.165, 1.54) is 69.7 Å².